The largest absolute Gasteiger partial charge is 0.481 e. The van der Waals surface area contributed by atoms with Crippen molar-refractivity contribution in [2.45, 2.75) is 32.1 Å². The molecule has 1 aliphatic rings. The predicted molar refractivity (Wildman–Crippen MR) is 47.9 cm³/mol. The third kappa shape index (κ3) is 5.76. The molecular weight excluding hydrogens is 255 g/mol. The van der Waals surface area contributed by atoms with Crippen LogP contribution in [0.15, 0.2) is 23.8 Å². The van der Waals surface area contributed by atoms with Crippen molar-refractivity contribution in [2.24, 2.45) is 0 Å². The first-order chi connectivity index (χ1) is 5.79. The van der Waals surface area contributed by atoms with E-state index in [9.17, 15) is 4.79 Å². The summed E-state index contributed by atoms with van der Waals surface area (Å²) in [5, 5.41) is 8.56. The van der Waals surface area contributed by atoms with Crippen molar-refractivity contribution < 1.29 is 29.4 Å². The molecule has 0 fully saturated rings. The number of hydrogen-bond acceptors (Lipinski definition) is 1. The summed E-state index contributed by atoms with van der Waals surface area (Å²) in [6.07, 6.45) is 10.6. The van der Waals surface area contributed by atoms with Gasteiger partial charge in [-0.2, -0.15) is 0 Å². The van der Waals surface area contributed by atoms with Crippen LogP contribution < -0.4 is 0 Å². The van der Waals surface area contributed by atoms with Gasteiger partial charge in [-0.25, -0.2) is 0 Å². The van der Waals surface area contributed by atoms with E-state index in [1.165, 1.54) is 6.42 Å². The van der Waals surface area contributed by atoms with E-state index in [-0.39, 0.29) is 25.9 Å². The summed E-state index contributed by atoms with van der Waals surface area (Å²) in [7, 11) is 0. The minimum absolute atomic E-state index is 0. The molecule has 75 valence electrons. The van der Waals surface area contributed by atoms with Crippen LogP contribution in [0.4, 0.5) is 0 Å². The second kappa shape index (κ2) is 7.02. The van der Waals surface area contributed by atoms with E-state index in [1.54, 1.807) is 0 Å². The molecule has 1 rings (SSSR count). The van der Waals surface area contributed by atoms with E-state index in [1.807, 2.05) is 12.2 Å². The van der Waals surface area contributed by atoms with E-state index in [2.05, 4.69) is 6.08 Å². The van der Waals surface area contributed by atoms with Crippen molar-refractivity contribution in [2.75, 3.05) is 0 Å². The van der Waals surface area contributed by atoms with Gasteiger partial charge in [-0.1, -0.05) is 23.8 Å². The van der Waals surface area contributed by atoms with E-state index in [0.29, 0.717) is 0 Å². The summed E-state index contributed by atoms with van der Waals surface area (Å²) in [5.41, 5.74) is 1.04. The molecule has 0 saturated heterocycles. The summed E-state index contributed by atoms with van der Waals surface area (Å²) in [6, 6.07) is 0. The van der Waals surface area contributed by atoms with E-state index in [4.69, 9.17) is 5.11 Å². The van der Waals surface area contributed by atoms with Gasteiger partial charge in [0.05, 0.1) is 6.42 Å². The van der Waals surface area contributed by atoms with E-state index < -0.39 is 5.97 Å². The average Bonchev–Trinajstić information content (AvgIpc) is 1.93. The fourth-order valence-corrected chi connectivity index (χ4v) is 1.34. The van der Waals surface area contributed by atoms with Crippen LogP contribution in [0.1, 0.15) is 32.1 Å². The number of rotatable bonds is 2. The van der Waals surface area contributed by atoms with Gasteiger partial charge in [-0.15, -0.1) is 0 Å². The summed E-state index contributed by atoms with van der Waals surface area (Å²) >= 11 is 0. The zero-order valence-corrected chi connectivity index (χ0v) is 9.10. The molecule has 0 aliphatic heterocycles. The number of carboxylic acid groups (broad SMARTS) is 1. The maximum atomic E-state index is 10.4. The van der Waals surface area contributed by atoms with E-state index in [0.717, 1.165) is 24.8 Å². The number of hydrogen-bond donors (Lipinski definition) is 1. The van der Waals surface area contributed by atoms with Crippen LogP contribution >= 0.6 is 0 Å². The van der Waals surface area contributed by atoms with Crippen LogP contribution in [-0.4, -0.2) is 11.1 Å². The van der Waals surface area contributed by atoms with Gasteiger partial charge in [0.1, 0.15) is 0 Å². The molecule has 0 saturated carbocycles. The molecule has 1 aliphatic carbocycles. The fraction of sp³-hybridized carbons (Fsp3) is 0.500. The van der Waals surface area contributed by atoms with Crippen molar-refractivity contribution in [1.82, 2.24) is 0 Å². The van der Waals surface area contributed by atoms with Gasteiger partial charge in [0.15, 0.2) is 0 Å². The molecule has 0 bridgehead atoms. The van der Waals surface area contributed by atoms with Crippen molar-refractivity contribution in [3.05, 3.63) is 23.8 Å². The zero-order valence-electron chi connectivity index (χ0n) is 7.46. The minimum Gasteiger partial charge on any atom is -0.481 e. The van der Waals surface area contributed by atoms with Crippen LogP contribution in [0.3, 0.4) is 0 Å². The second-order valence-electron chi connectivity index (χ2n) is 3.07. The first-order valence-corrected chi connectivity index (χ1v) is 4.35. The number of carboxylic acids is 1. The molecule has 0 heterocycles. The molecule has 0 amide bonds. The van der Waals surface area contributed by atoms with Crippen molar-refractivity contribution in [3.8, 4) is 0 Å². The molecule has 0 unspecified atom stereocenters. The standard InChI is InChI=1S/C10H14O2.Rh/c11-10(12)8-9-6-4-2-1-3-5-7-9;/h2,4,6H,1,3,5,7-8H2,(H,11,12);. The zero-order chi connectivity index (χ0) is 8.81. The fourth-order valence-electron chi connectivity index (χ4n) is 1.34. The SMILES string of the molecule is O=C(O)CC1=CC=CCCCC1.[Rh]. The Hall–Kier alpha value is -0.427. The van der Waals surface area contributed by atoms with Gasteiger partial charge < -0.3 is 5.11 Å². The topological polar surface area (TPSA) is 37.3 Å². The third-order valence-corrected chi connectivity index (χ3v) is 1.96. The Bertz CT molecular complexity index is 219. The minimum atomic E-state index is -0.727. The average molecular weight is 269 g/mol. The summed E-state index contributed by atoms with van der Waals surface area (Å²) in [5.74, 6) is -0.727. The van der Waals surface area contributed by atoms with Crippen molar-refractivity contribution >= 4 is 5.97 Å². The molecule has 0 aromatic rings. The quantitative estimate of drug-likeness (QED) is 0.782. The van der Waals surface area contributed by atoms with Gasteiger partial charge in [0.25, 0.3) is 0 Å². The Morgan fingerprint density at radius 3 is 2.92 bits per heavy atom. The summed E-state index contributed by atoms with van der Waals surface area (Å²) in [6.45, 7) is 0. The van der Waals surface area contributed by atoms with Gasteiger partial charge in [-0.05, 0) is 25.7 Å². The monoisotopic (exact) mass is 269 g/mol. The number of carbonyl (C=O) groups is 1. The first-order valence-electron chi connectivity index (χ1n) is 4.35. The Kier molecular flexibility index (Phi) is 6.79. The summed E-state index contributed by atoms with van der Waals surface area (Å²) in [4.78, 5) is 10.4. The van der Waals surface area contributed by atoms with Gasteiger partial charge in [0.2, 0.25) is 0 Å². The molecule has 1 N–H and O–H groups in total. The smallest absolute Gasteiger partial charge is 0.307 e. The van der Waals surface area contributed by atoms with Crippen LogP contribution in [0.25, 0.3) is 0 Å². The van der Waals surface area contributed by atoms with Crippen LogP contribution in [-0.2, 0) is 24.3 Å². The maximum absolute atomic E-state index is 10.4. The summed E-state index contributed by atoms with van der Waals surface area (Å²) < 4.78 is 0. The maximum Gasteiger partial charge on any atom is 0.307 e. The van der Waals surface area contributed by atoms with Crippen molar-refractivity contribution in [3.63, 3.8) is 0 Å². The molecule has 13 heavy (non-hydrogen) atoms. The normalized spacial score (nSPS) is 16.5. The van der Waals surface area contributed by atoms with Crippen molar-refractivity contribution in [1.29, 1.82) is 0 Å². The van der Waals surface area contributed by atoms with Crippen LogP contribution in [0.2, 0.25) is 0 Å². The molecule has 0 aromatic carbocycles. The third-order valence-electron chi connectivity index (χ3n) is 1.96. The van der Waals surface area contributed by atoms with Crippen LogP contribution in [0.5, 0.6) is 0 Å². The van der Waals surface area contributed by atoms with E-state index >= 15 is 0 Å². The molecule has 1 radical (unpaired) electrons. The van der Waals surface area contributed by atoms with Gasteiger partial charge in [0, 0.05) is 19.5 Å². The second-order valence-corrected chi connectivity index (χ2v) is 3.07. The Morgan fingerprint density at radius 2 is 2.23 bits per heavy atom. The Morgan fingerprint density at radius 1 is 1.46 bits per heavy atom. The Labute approximate surface area is 91.5 Å². The molecule has 0 aromatic heterocycles. The van der Waals surface area contributed by atoms with Crippen LogP contribution in [0, 0.1) is 0 Å². The molecular formula is C10H14O2Rh. The molecule has 3 heteroatoms. The molecule has 0 spiro atoms. The number of allylic oxidation sites excluding steroid dienone is 3. The van der Waals surface area contributed by atoms with Gasteiger partial charge in [-0.3, -0.25) is 4.79 Å². The molecule has 0 atom stereocenters. The van der Waals surface area contributed by atoms with Gasteiger partial charge >= 0.3 is 5.97 Å². The number of aliphatic carboxylic acids is 1. The Balaban J connectivity index is 0.00000144. The molecule has 2 nitrogen and oxygen atoms in total. The first kappa shape index (κ1) is 12.6. The predicted octanol–water partition coefficient (Wildman–Crippen LogP) is 2.52.